The molecule has 0 bridgehead atoms. The fourth-order valence-corrected chi connectivity index (χ4v) is 1.78. The Morgan fingerprint density at radius 2 is 1.83 bits per heavy atom. The average molecular weight is 160 g/mol. The van der Waals surface area contributed by atoms with Crippen molar-refractivity contribution in [1.82, 2.24) is 0 Å². The molecule has 0 heteroatoms. The molecular weight excluding hydrogens is 144 g/mol. The topological polar surface area (TPSA) is 0 Å². The van der Waals surface area contributed by atoms with Gasteiger partial charge in [-0.05, 0) is 48.8 Å². The van der Waals surface area contributed by atoms with Crippen molar-refractivity contribution in [2.45, 2.75) is 33.1 Å². The standard InChI is InChI=1S/C12H16/c1-8-4-5-11(6-9(8)2)12-7-10(12)3/h4-6,10,12H,7H2,1-3H3/t10-,12+/m0/s1. The fraction of sp³-hybridized carbons (Fsp3) is 0.500. The maximum absolute atomic E-state index is 2.35. The molecule has 64 valence electrons. The molecule has 0 radical (unpaired) electrons. The van der Waals surface area contributed by atoms with Gasteiger partial charge in [0.1, 0.15) is 0 Å². The summed E-state index contributed by atoms with van der Waals surface area (Å²) >= 11 is 0. The minimum Gasteiger partial charge on any atom is -0.0619 e. The van der Waals surface area contributed by atoms with E-state index < -0.39 is 0 Å². The smallest absolute Gasteiger partial charge is 0.0133 e. The molecule has 1 aliphatic carbocycles. The van der Waals surface area contributed by atoms with E-state index in [1.807, 2.05) is 0 Å². The van der Waals surface area contributed by atoms with Crippen LogP contribution in [0.5, 0.6) is 0 Å². The first-order chi connectivity index (χ1) is 5.68. The van der Waals surface area contributed by atoms with Crippen molar-refractivity contribution < 1.29 is 0 Å². The van der Waals surface area contributed by atoms with Gasteiger partial charge in [-0.2, -0.15) is 0 Å². The average Bonchev–Trinajstić information content (AvgIpc) is 2.73. The van der Waals surface area contributed by atoms with Crippen molar-refractivity contribution >= 4 is 0 Å². The summed E-state index contributed by atoms with van der Waals surface area (Å²) in [6.07, 6.45) is 1.39. The summed E-state index contributed by atoms with van der Waals surface area (Å²) in [5, 5.41) is 0. The van der Waals surface area contributed by atoms with E-state index in [4.69, 9.17) is 0 Å². The molecule has 0 heterocycles. The fourth-order valence-electron chi connectivity index (χ4n) is 1.78. The van der Waals surface area contributed by atoms with Gasteiger partial charge in [0, 0.05) is 0 Å². The summed E-state index contributed by atoms with van der Waals surface area (Å²) in [4.78, 5) is 0. The Kier molecular flexibility index (Phi) is 1.71. The minimum absolute atomic E-state index is 0.865. The van der Waals surface area contributed by atoms with E-state index in [9.17, 15) is 0 Å². The van der Waals surface area contributed by atoms with E-state index >= 15 is 0 Å². The SMILES string of the molecule is Cc1ccc([C@@H]2C[C@@H]2C)cc1C. The summed E-state index contributed by atoms with van der Waals surface area (Å²) < 4.78 is 0. The van der Waals surface area contributed by atoms with Gasteiger partial charge in [-0.25, -0.2) is 0 Å². The zero-order chi connectivity index (χ0) is 8.72. The normalized spacial score (nSPS) is 27.2. The Hall–Kier alpha value is -0.780. The van der Waals surface area contributed by atoms with Crippen molar-refractivity contribution in [3.63, 3.8) is 0 Å². The lowest BCUT2D eigenvalue weighted by atomic mass is 10.0. The van der Waals surface area contributed by atoms with E-state index in [0.29, 0.717) is 0 Å². The number of hydrogen-bond acceptors (Lipinski definition) is 0. The summed E-state index contributed by atoms with van der Waals surface area (Å²) in [6.45, 7) is 6.71. The molecule has 0 nitrogen and oxygen atoms in total. The molecule has 0 aliphatic heterocycles. The first-order valence-corrected chi connectivity index (χ1v) is 4.75. The Balaban J connectivity index is 2.29. The Morgan fingerprint density at radius 1 is 1.17 bits per heavy atom. The van der Waals surface area contributed by atoms with Gasteiger partial charge >= 0.3 is 0 Å². The molecule has 1 aromatic rings. The molecule has 0 saturated heterocycles. The molecule has 0 amide bonds. The third-order valence-corrected chi connectivity index (χ3v) is 3.07. The van der Waals surface area contributed by atoms with Crippen LogP contribution in [0.2, 0.25) is 0 Å². The van der Waals surface area contributed by atoms with Crippen LogP contribution in [0.1, 0.15) is 36.0 Å². The molecule has 0 aromatic heterocycles. The van der Waals surface area contributed by atoms with E-state index in [-0.39, 0.29) is 0 Å². The highest BCUT2D eigenvalue weighted by molar-refractivity contribution is 5.34. The quantitative estimate of drug-likeness (QED) is 0.590. The van der Waals surface area contributed by atoms with Gasteiger partial charge in [0.15, 0.2) is 0 Å². The Morgan fingerprint density at radius 3 is 2.33 bits per heavy atom. The van der Waals surface area contributed by atoms with Crippen molar-refractivity contribution in [3.05, 3.63) is 34.9 Å². The zero-order valence-corrected chi connectivity index (χ0v) is 8.09. The highest BCUT2D eigenvalue weighted by atomic mass is 14.4. The van der Waals surface area contributed by atoms with Crippen LogP contribution in [-0.4, -0.2) is 0 Å². The van der Waals surface area contributed by atoms with Crippen LogP contribution in [0.25, 0.3) is 0 Å². The number of benzene rings is 1. The third-order valence-electron chi connectivity index (χ3n) is 3.07. The predicted molar refractivity (Wildman–Crippen MR) is 52.4 cm³/mol. The summed E-state index contributed by atoms with van der Waals surface area (Å²) in [5.41, 5.74) is 4.39. The van der Waals surface area contributed by atoms with Crippen LogP contribution in [0.15, 0.2) is 18.2 Å². The maximum Gasteiger partial charge on any atom is -0.0133 e. The molecule has 2 rings (SSSR count). The number of aryl methyl sites for hydroxylation is 2. The second-order valence-corrected chi connectivity index (χ2v) is 4.16. The van der Waals surface area contributed by atoms with Crippen molar-refractivity contribution in [1.29, 1.82) is 0 Å². The van der Waals surface area contributed by atoms with Crippen LogP contribution in [0.4, 0.5) is 0 Å². The second kappa shape index (κ2) is 2.62. The number of hydrogen-bond donors (Lipinski definition) is 0. The molecule has 0 unspecified atom stereocenters. The van der Waals surface area contributed by atoms with Crippen molar-refractivity contribution in [3.8, 4) is 0 Å². The predicted octanol–water partition coefficient (Wildman–Crippen LogP) is 3.43. The van der Waals surface area contributed by atoms with Gasteiger partial charge < -0.3 is 0 Å². The first-order valence-electron chi connectivity index (χ1n) is 4.75. The first kappa shape index (κ1) is 7.85. The largest absolute Gasteiger partial charge is 0.0619 e. The van der Waals surface area contributed by atoms with Crippen LogP contribution in [0.3, 0.4) is 0 Å². The molecule has 0 spiro atoms. The summed E-state index contributed by atoms with van der Waals surface area (Å²) in [6, 6.07) is 6.88. The van der Waals surface area contributed by atoms with E-state index in [2.05, 4.69) is 39.0 Å². The van der Waals surface area contributed by atoms with Crippen LogP contribution < -0.4 is 0 Å². The lowest BCUT2D eigenvalue weighted by molar-refractivity contribution is 0.913. The minimum atomic E-state index is 0.865. The summed E-state index contributed by atoms with van der Waals surface area (Å²) in [7, 11) is 0. The molecule has 2 atom stereocenters. The van der Waals surface area contributed by atoms with Crippen LogP contribution in [0, 0.1) is 19.8 Å². The Labute approximate surface area is 74.6 Å². The van der Waals surface area contributed by atoms with Gasteiger partial charge in [-0.1, -0.05) is 25.1 Å². The lowest BCUT2D eigenvalue weighted by Gasteiger charge is -2.03. The molecule has 1 fully saturated rings. The van der Waals surface area contributed by atoms with Gasteiger partial charge in [-0.3, -0.25) is 0 Å². The van der Waals surface area contributed by atoms with Gasteiger partial charge in [-0.15, -0.1) is 0 Å². The Bertz CT molecular complexity index is 299. The van der Waals surface area contributed by atoms with Crippen molar-refractivity contribution in [2.24, 2.45) is 5.92 Å². The molecule has 1 aliphatic rings. The van der Waals surface area contributed by atoms with E-state index in [1.54, 1.807) is 5.56 Å². The highest BCUT2D eigenvalue weighted by Crippen LogP contribution is 2.47. The maximum atomic E-state index is 2.35. The van der Waals surface area contributed by atoms with Crippen LogP contribution >= 0.6 is 0 Å². The highest BCUT2D eigenvalue weighted by Gasteiger charge is 2.33. The van der Waals surface area contributed by atoms with Gasteiger partial charge in [0.2, 0.25) is 0 Å². The van der Waals surface area contributed by atoms with Gasteiger partial charge in [0.05, 0.1) is 0 Å². The number of rotatable bonds is 1. The summed E-state index contributed by atoms with van der Waals surface area (Å²) in [5.74, 6) is 1.79. The van der Waals surface area contributed by atoms with Gasteiger partial charge in [0.25, 0.3) is 0 Å². The third kappa shape index (κ3) is 1.26. The van der Waals surface area contributed by atoms with E-state index in [0.717, 1.165) is 11.8 Å². The zero-order valence-electron chi connectivity index (χ0n) is 8.09. The molecule has 1 aromatic carbocycles. The molecule has 0 N–H and O–H groups in total. The molecule has 12 heavy (non-hydrogen) atoms. The van der Waals surface area contributed by atoms with E-state index in [1.165, 1.54) is 17.5 Å². The van der Waals surface area contributed by atoms with Crippen LogP contribution in [-0.2, 0) is 0 Å². The lowest BCUT2D eigenvalue weighted by Crippen LogP contribution is -1.85. The molecule has 1 saturated carbocycles. The monoisotopic (exact) mass is 160 g/mol. The van der Waals surface area contributed by atoms with Crippen molar-refractivity contribution in [2.75, 3.05) is 0 Å². The molecular formula is C12H16. The second-order valence-electron chi connectivity index (χ2n) is 4.16.